The van der Waals surface area contributed by atoms with Crippen molar-refractivity contribution in [2.45, 2.75) is 50.1 Å². The van der Waals surface area contributed by atoms with E-state index in [-0.39, 0.29) is 19.3 Å². The Hall–Kier alpha value is -1.64. The Bertz CT molecular complexity index is 522. The van der Waals surface area contributed by atoms with Gasteiger partial charge in [-0.15, -0.1) is 0 Å². The van der Waals surface area contributed by atoms with Gasteiger partial charge in [-0.3, -0.25) is 19.7 Å². The topological polar surface area (TPSA) is 84.5 Å². The highest BCUT2D eigenvalue weighted by Crippen LogP contribution is 2.50. The van der Waals surface area contributed by atoms with Crippen LogP contribution in [0.15, 0.2) is 0 Å². The summed E-state index contributed by atoms with van der Waals surface area (Å²) in [6, 6.07) is -0.974. The predicted octanol–water partition coefficient (Wildman–Crippen LogP) is 0.264. The Morgan fingerprint density at radius 1 is 1.18 bits per heavy atom. The number of nitrogens with one attached hydrogen (secondary N) is 2. The molecule has 5 unspecified atom stereocenters. The first-order valence-electron chi connectivity index (χ1n) is 7.13. The van der Waals surface area contributed by atoms with E-state index in [2.05, 4.69) is 10.6 Å². The van der Waals surface area contributed by atoms with Crippen molar-refractivity contribution in [3.8, 4) is 0 Å². The van der Waals surface area contributed by atoms with Crippen molar-refractivity contribution in [1.29, 1.82) is 0 Å². The third kappa shape index (κ3) is 2.57. The van der Waals surface area contributed by atoms with E-state index < -0.39 is 54.0 Å². The van der Waals surface area contributed by atoms with Crippen LogP contribution in [0.4, 0.5) is 13.2 Å². The molecule has 3 fully saturated rings. The molecule has 0 spiro atoms. The second-order valence-electron chi connectivity index (χ2n) is 5.90. The number of halogens is 3. The lowest BCUT2D eigenvalue weighted by molar-refractivity contribution is -0.197. The van der Waals surface area contributed by atoms with Crippen molar-refractivity contribution in [2.75, 3.05) is 0 Å². The quantitative estimate of drug-likeness (QED) is 0.715. The average Bonchev–Trinajstić information content (AvgIpc) is 3.01. The standard InChI is InChI=1S/C13H15F3N2O4/c14-13(15,16)10-7-3-2-6(22-7)9(10)12(21)17-5-1-4-8(19)18-11(5)20/h5-7,9-10H,1-4H2,(H,17,21)(H,18,19,20). The number of alkyl halides is 3. The number of amides is 3. The van der Waals surface area contributed by atoms with E-state index in [4.69, 9.17) is 4.74 Å². The van der Waals surface area contributed by atoms with Crippen LogP contribution in [0.1, 0.15) is 25.7 Å². The maximum atomic E-state index is 13.2. The van der Waals surface area contributed by atoms with Gasteiger partial charge < -0.3 is 10.1 Å². The molecule has 3 amide bonds. The summed E-state index contributed by atoms with van der Waals surface area (Å²) in [5.74, 6) is -5.13. The van der Waals surface area contributed by atoms with Crippen LogP contribution in [-0.4, -0.2) is 42.1 Å². The molecule has 122 valence electrons. The molecule has 0 aromatic heterocycles. The summed E-state index contributed by atoms with van der Waals surface area (Å²) in [4.78, 5) is 34.9. The zero-order valence-electron chi connectivity index (χ0n) is 11.5. The van der Waals surface area contributed by atoms with Crippen molar-refractivity contribution in [3.63, 3.8) is 0 Å². The third-order valence-corrected chi connectivity index (χ3v) is 4.51. The van der Waals surface area contributed by atoms with Gasteiger partial charge in [0.05, 0.1) is 24.0 Å². The molecule has 2 bridgehead atoms. The molecule has 5 atom stereocenters. The highest BCUT2D eigenvalue weighted by atomic mass is 19.4. The van der Waals surface area contributed by atoms with Gasteiger partial charge in [0, 0.05) is 6.42 Å². The number of piperidine rings is 1. The first-order valence-corrected chi connectivity index (χ1v) is 7.13. The van der Waals surface area contributed by atoms with Crippen molar-refractivity contribution >= 4 is 17.7 Å². The molecule has 22 heavy (non-hydrogen) atoms. The van der Waals surface area contributed by atoms with Crippen LogP contribution in [0.25, 0.3) is 0 Å². The van der Waals surface area contributed by atoms with Crippen molar-refractivity contribution in [2.24, 2.45) is 11.8 Å². The first-order chi connectivity index (χ1) is 10.3. The Balaban J connectivity index is 1.71. The summed E-state index contributed by atoms with van der Waals surface area (Å²) in [5.41, 5.74) is 0. The van der Waals surface area contributed by atoms with Gasteiger partial charge in [0.15, 0.2) is 0 Å². The lowest BCUT2D eigenvalue weighted by Crippen LogP contribution is -2.55. The van der Waals surface area contributed by atoms with E-state index in [1.807, 2.05) is 0 Å². The SMILES string of the molecule is O=C1CCC(NC(=O)C2C3CCC(O3)C2C(F)(F)F)C(=O)N1. The van der Waals surface area contributed by atoms with Crippen molar-refractivity contribution < 1.29 is 32.3 Å². The first kappa shape index (κ1) is 15.3. The maximum Gasteiger partial charge on any atom is 0.395 e. The van der Waals surface area contributed by atoms with Crippen LogP contribution < -0.4 is 10.6 Å². The Labute approximate surface area is 123 Å². The fraction of sp³-hybridized carbons (Fsp3) is 0.769. The second-order valence-corrected chi connectivity index (χ2v) is 5.90. The van der Waals surface area contributed by atoms with E-state index >= 15 is 0 Å². The van der Waals surface area contributed by atoms with Gasteiger partial charge in [0.2, 0.25) is 17.7 Å². The molecule has 2 N–H and O–H groups in total. The lowest BCUT2D eigenvalue weighted by atomic mass is 9.78. The monoisotopic (exact) mass is 320 g/mol. The number of imide groups is 1. The van der Waals surface area contributed by atoms with Gasteiger partial charge in [0.1, 0.15) is 6.04 Å². The number of fused-ring (bicyclic) bond motifs is 2. The minimum absolute atomic E-state index is 0.0482. The summed E-state index contributed by atoms with van der Waals surface area (Å²) in [6.45, 7) is 0. The minimum atomic E-state index is -4.52. The normalized spacial score (nSPS) is 38.0. The molecule has 3 heterocycles. The molecule has 0 aromatic rings. The molecular formula is C13H15F3N2O4. The number of hydrogen-bond acceptors (Lipinski definition) is 4. The number of carbonyl (C=O) groups is 3. The number of rotatable bonds is 2. The largest absolute Gasteiger partial charge is 0.395 e. The van der Waals surface area contributed by atoms with E-state index in [9.17, 15) is 27.6 Å². The number of ether oxygens (including phenoxy) is 1. The molecule has 3 saturated heterocycles. The Morgan fingerprint density at radius 2 is 1.86 bits per heavy atom. The molecular weight excluding hydrogens is 305 g/mol. The summed E-state index contributed by atoms with van der Waals surface area (Å²) in [5, 5.41) is 4.39. The Kier molecular flexibility index (Phi) is 3.62. The molecule has 0 saturated carbocycles. The minimum Gasteiger partial charge on any atom is -0.373 e. The van der Waals surface area contributed by atoms with Gasteiger partial charge in [-0.05, 0) is 19.3 Å². The second kappa shape index (κ2) is 5.22. The molecule has 0 aliphatic carbocycles. The average molecular weight is 320 g/mol. The zero-order chi connectivity index (χ0) is 16.1. The highest BCUT2D eigenvalue weighted by molar-refractivity contribution is 6.01. The van der Waals surface area contributed by atoms with Crippen molar-refractivity contribution in [1.82, 2.24) is 10.6 Å². The predicted molar refractivity (Wildman–Crippen MR) is 65.2 cm³/mol. The fourth-order valence-corrected chi connectivity index (χ4v) is 3.53. The van der Waals surface area contributed by atoms with Gasteiger partial charge in [0.25, 0.3) is 0 Å². The van der Waals surface area contributed by atoms with Crippen LogP contribution in [0.2, 0.25) is 0 Å². The third-order valence-electron chi connectivity index (χ3n) is 4.51. The van der Waals surface area contributed by atoms with Crippen LogP contribution in [0.3, 0.4) is 0 Å². The highest BCUT2D eigenvalue weighted by Gasteiger charge is 2.62. The molecule has 9 heteroatoms. The molecule has 6 nitrogen and oxygen atoms in total. The van der Waals surface area contributed by atoms with Gasteiger partial charge in [-0.2, -0.15) is 13.2 Å². The van der Waals surface area contributed by atoms with Crippen LogP contribution in [-0.2, 0) is 19.1 Å². The lowest BCUT2D eigenvalue weighted by Gasteiger charge is -2.30. The van der Waals surface area contributed by atoms with Crippen LogP contribution in [0.5, 0.6) is 0 Å². The summed E-state index contributed by atoms with van der Waals surface area (Å²) in [7, 11) is 0. The molecule has 3 aliphatic rings. The van der Waals surface area contributed by atoms with Gasteiger partial charge in [-0.25, -0.2) is 0 Å². The van der Waals surface area contributed by atoms with E-state index in [1.165, 1.54) is 0 Å². The Morgan fingerprint density at radius 3 is 2.50 bits per heavy atom. The summed E-state index contributed by atoms with van der Waals surface area (Å²) < 4.78 is 44.7. The van der Waals surface area contributed by atoms with Crippen LogP contribution in [0, 0.1) is 11.8 Å². The molecule has 0 aromatic carbocycles. The van der Waals surface area contributed by atoms with E-state index in [0.29, 0.717) is 6.42 Å². The molecule has 3 rings (SSSR count). The number of hydrogen-bond donors (Lipinski definition) is 2. The molecule has 0 radical (unpaired) electrons. The van der Waals surface area contributed by atoms with Gasteiger partial charge >= 0.3 is 6.18 Å². The smallest absolute Gasteiger partial charge is 0.373 e. The fourth-order valence-electron chi connectivity index (χ4n) is 3.53. The van der Waals surface area contributed by atoms with E-state index in [0.717, 1.165) is 0 Å². The van der Waals surface area contributed by atoms with Crippen LogP contribution >= 0.6 is 0 Å². The molecule has 3 aliphatic heterocycles. The van der Waals surface area contributed by atoms with Crippen molar-refractivity contribution in [3.05, 3.63) is 0 Å². The van der Waals surface area contributed by atoms with Gasteiger partial charge in [-0.1, -0.05) is 0 Å². The van der Waals surface area contributed by atoms with E-state index in [1.54, 1.807) is 0 Å². The maximum absolute atomic E-state index is 13.2. The summed E-state index contributed by atoms with van der Waals surface area (Å²) >= 11 is 0. The summed E-state index contributed by atoms with van der Waals surface area (Å²) in [6.07, 6.45) is -5.43. The number of carbonyl (C=O) groups excluding carboxylic acids is 3. The zero-order valence-corrected chi connectivity index (χ0v) is 11.5.